The Balaban J connectivity index is 1.78. The van der Waals surface area contributed by atoms with Crippen molar-refractivity contribution in [2.75, 3.05) is 11.1 Å². The summed E-state index contributed by atoms with van der Waals surface area (Å²) in [5.41, 5.74) is 6.85. The SMILES string of the molecule is Nc1nc2n(n1)[C@@H](c1cccs1)C[C@@H](c1ccccc1Cl)N2. The van der Waals surface area contributed by atoms with Crippen LogP contribution in [0.3, 0.4) is 0 Å². The Morgan fingerprint density at radius 3 is 2.91 bits per heavy atom. The van der Waals surface area contributed by atoms with Gasteiger partial charge in [0.1, 0.15) is 0 Å². The van der Waals surface area contributed by atoms with Crippen LogP contribution < -0.4 is 11.1 Å². The summed E-state index contributed by atoms with van der Waals surface area (Å²) in [5, 5.41) is 10.6. The monoisotopic (exact) mass is 331 g/mol. The zero-order chi connectivity index (χ0) is 15.1. The maximum absolute atomic E-state index is 6.36. The van der Waals surface area contributed by atoms with Crippen LogP contribution in [0.15, 0.2) is 41.8 Å². The Kier molecular flexibility index (Phi) is 3.28. The molecule has 0 radical (unpaired) electrons. The second kappa shape index (κ2) is 5.30. The molecule has 0 saturated carbocycles. The van der Waals surface area contributed by atoms with Gasteiger partial charge in [0.15, 0.2) is 0 Å². The molecule has 0 saturated heterocycles. The Morgan fingerprint density at radius 1 is 1.27 bits per heavy atom. The van der Waals surface area contributed by atoms with E-state index < -0.39 is 0 Å². The molecule has 2 atom stereocenters. The van der Waals surface area contributed by atoms with E-state index in [1.807, 2.05) is 35.0 Å². The smallest absolute Gasteiger partial charge is 0.241 e. The number of aromatic nitrogens is 3. The van der Waals surface area contributed by atoms with E-state index >= 15 is 0 Å². The molecule has 0 amide bonds. The molecular weight excluding hydrogens is 318 g/mol. The highest BCUT2D eigenvalue weighted by Crippen LogP contribution is 2.40. The van der Waals surface area contributed by atoms with Crippen LogP contribution in [0.2, 0.25) is 5.02 Å². The third-order valence-corrected chi connectivity index (χ3v) is 5.18. The van der Waals surface area contributed by atoms with E-state index in [1.54, 1.807) is 11.3 Å². The van der Waals surface area contributed by atoms with Crippen molar-refractivity contribution in [1.29, 1.82) is 0 Å². The second-order valence-corrected chi connectivity index (χ2v) is 6.61. The van der Waals surface area contributed by atoms with Crippen molar-refractivity contribution in [3.8, 4) is 0 Å². The highest BCUT2D eigenvalue weighted by atomic mass is 35.5. The van der Waals surface area contributed by atoms with Gasteiger partial charge in [-0.15, -0.1) is 16.4 Å². The standard InChI is InChI=1S/C15H14ClN5S/c16-10-5-2-1-4-9(10)11-8-12(13-6-3-7-22-13)21-15(18-11)19-14(17)20-21/h1-7,11-12H,8H2,(H3,17,18,19,20)/t11-,12+/m0/s1. The molecule has 5 nitrogen and oxygen atoms in total. The number of nitrogens with two attached hydrogens (primary N) is 1. The average Bonchev–Trinajstić information content (AvgIpc) is 3.14. The normalized spacial score (nSPS) is 20.4. The van der Waals surface area contributed by atoms with Crippen LogP contribution in [0.1, 0.15) is 28.9 Å². The predicted molar refractivity (Wildman–Crippen MR) is 89.3 cm³/mol. The number of rotatable bonds is 2. The van der Waals surface area contributed by atoms with Crippen molar-refractivity contribution in [3.63, 3.8) is 0 Å². The van der Waals surface area contributed by atoms with Gasteiger partial charge in [0.05, 0.1) is 12.1 Å². The molecule has 0 spiro atoms. The van der Waals surface area contributed by atoms with Gasteiger partial charge in [-0.25, -0.2) is 4.68 Å². The summed E-state index contributed by atoms with van der Waals surface area (Å²) >= 11 is 8.07. The number of thiophene rings is 1. The first-order chi connectivity index (χ1) is 10.7. The zero-order valence-corrected chi connectivity index (χ0v) is 13.2. The van der Waals surface area contributed by atoms with Crippen LogP contribution in [-0.4, -0.2) is 14.8 Å². The highest BCUT2D eigenvalue weighted by molar-refractivity contribution is 7.10. The van der Waals surface area contributed by atoms with E-state index in [1.165, 1.54) is 4.88 Å². The fourth-order valence-electron chi connectivity index (χ4n) is 2.87. The number of anilines is 2. The van der Waals surface area contributed by atoms with Crippen LogP contribution in [0, 0.1) is 0 Å². The van der Waals surface area contributed by atoms with E-state index in [0.717, 1.165) is 17.0 Å². The van der Waals surface area contributed by atoms with Crippen molar-refractivity contribution >= 4 is 34.8 Å². The summed E-state index contributed by atoms with van der Waals surface area (Å²) in [5.74, 6) is 0.968. The van der Waals surface area contributed by atoms with Crippen LogP contribution >= 0.6 is 22.9 Å². The number of hydrogen-bond donors (Lipinski definition) is 2. The molecule has 0 unspecified atom stereocenters. The molecular formula is C15H14ClN5S. The van der Waals surface area contributed by atoms with E-state index in [2.05, 4.69) is 26.8 Å². The Morgan fingerprint density at radius 2 is 2.14 bits per heavy atom. The Bertz CT molecular complexity index is 798. The summed E-state index contributed by atoms with van der Waals surface area (Å²) in [6, 6.07) is 12.2. The predicted octanol–water partition coefficient (Wildman–Crippen LogP) is 3.72. The first kappa shape index (κ1) is 13.6. The van der Waals surface area contributed by atoms with Gasteiger partial charge in [-0.2, -0.15) is 4.98 Å². The first-order valence-corrected chi connectivity index (χ1v) is 8.24. The summed E-state index contributed by atoms with van der Waals surface area (Å²) in [6.07, 6.45) is 0.847. The summed E-state index contributed by atoms with van der Waals surface area (Å²) in [7, 11) is 0. The lowest BCUT2D eigenvalue weighted by atomic mass is 9.97. The molecule has 3 N–H and O–H groups in total. The highest BCUT2D eigenvalue weighted by Gasteiger charge is 2.32. The number of fused-ring (bicyclic) bond motifs is 1. The van der Waals surface area contributed by atoms with Gasteiger partial charge in [0, 0.05) is 9.90 Å². The van der Waals surface area contributed by atoms with Gasteiger partial charge >= 0.3 is 0 Å². The summed E-state index contributed by atoms with van der Waals surface area (Å²) in [6.45, 7) is 0. The summed E-state index contributed by atoms with van der Waals surface area (Å²) < 4.78 is 1.87. The van der Waals surface area contributed by atoms with Crippen molar-refractivity contribution in [1.82, 2.24) is 14.8 Å². The average molecular weight is 332 g/mol. The molecule has 1 aliphatic heterocycles. The lowest BCUT2D eigenvalue weighted by Gasteiger charge is -2.31. The Hall–Kier alpha value is -2.05. The molecule has 4 rings (SSSR count). The maximum Gasteiger partial charge on any atom is 0.241 e. The molecule has 3 aromatic rings. The molecule has 7 heteroatoms. The van der Waals surface area contributed by atoms with Gasteiger partial charge in [0.25, 0.3) is 0 Å². The Labute approximate surface area is 136 Å². The fraction of sp³-hybridized carbons (Fsp3) is 0.200. The molecule has 3 heterocycles. The minimum absolute atomic E-state index is 0.0805. The fourth-order valence-corrected chi connectivity index (χ4v) is 3.97. The molecule has 22 heavy (non-hydrogen) atoms. The maximum atomic E-state index is 6.36. The number of nitrogen functional groups attached to an aromatic ring is 1. The van der Waals surface area contributed by atoms with E-state index in [-0.39, 0.29) is 18.0 Å². The molecule has 112 valence electrons. The van der Waals surface area contributed by atoms with Gasteiger partial charge in [-0.1, -0.05) is 35.9 Å². The second-order valence-electron chi connectivity index (χ2n) is 5.22. The lowest BCUT2D eigenvalue weighted by Crippen LogP contribution is -2.27. The minimum atomic E-state index is 0.0805. The van der Waals surface area contributed by atoms with E-state index in [9.17, 15) is 0 Å². The van der Waals surface area contributed by atoms with Crippen LogP contribution in [0.25, 0.3) is 0 Å². The summed E-state index contributed by atoms with van der Waals surface area (Å²) in [4.78, 5) is 5.54. The third kappa shape index (κ3) is 2.24. The van der Waals surface area contributed by atoms with Gasteiger partial charge in [0.2, 0.25) is 11.9 Å². The largest absolute Gasteiger partial charge is 0.366 e. The number of nitrogens with zero attached hydrogens (tertiary/aromatic N) is 3. The molecule has 0 fully saturated rings. The van der Waals surface area contributed by atoms with Crippen LogP contribution in [0.5, 0.6) is 0 Å². The number of hydrogen-bond acceptors (Lipinski definition) is 5. The molecule has 2 aromatic heterocycles. The number of benzene rings is 1. The molecule has 0 bridgehead atoms. The zero-order valence-electron chi connectivity index (χ0n) is 11.6. The third-order valence-electron chi connectivity index (χ3n) is 3.86. The van der Waals surface area contributed by atoms with Crippen LogP contribution in [-0.2, 0) is 0 Å². The topological polar surface area (TPSA) is 68.8 Å². The molecule has 1 aliphatic rings. The van der Waals surface area contributed by atoms with Gasteiger partial charge in [-0.3, -0.25) is 0 Å². The lowest BCUT2D eigenvalue weighted by molar-refractivity contribution is 0.437. The van der Waals surface area contributed by atoms with Crippen molar-refractivity contribution in [2.24, 2.45) is 0 Å². The quantitative estimate of drug-likeness (QED) is 0.751. The van der Waals surface area contributed by atoms with Gasteiger partial charge < -0.3 is 11.1 Å². The minimum Gasteiger partial charge on any atom is -0.366 e. The number of halogens is 1. The van der Waals surface area contributed by atoms with Crippen molar-refractivity contribution in [2.45, 2.75) is 18.5 Å². The van der Waals surface area contributed by atoms with Crippen molar-refractivity contribution in [3.05, 3.63) is 57.2 Å². The molecule has 0 aliphatic carbocycles. The first-order valence-electron chi connectivity index (χ1n) is 6.99. The van der Waals surface area contributed by atoms with E-state index in [0.29, 0.717) is 5.95 Å². The number of nitrogens with one attached hydrogen (secondary N) is 1. The van der Waals surface area contributed by atoms with Gasteiger partial charge in [-0.05, 0) is 29.5 Å². The van der Waals surface area contributed by atoms with Crippen molar-refractivity contribution < 1.29 is 0 Å². The van der Waals surface area contributed by atoms with Crippen LogP contribution in [0.4, 0.5) is 11.9 Å². The van der Waals surface area contributed by atoms with E-state index in [4.69, 9.17) is 17.3 Å². The molecule has 1 aromatic carbocycles.